The number of fused-ring (bicyclic) bond motifs is 2. The van der Waals surface area contributed by atoms with Crippen molar-refractivity contribution in [2.75, 3.05) is 33.3 Å². The van der Waals surface area contributed by atoms with Crippen molar-refractivity contribution in [2.24, 2.45) is 0 Å². The number of aromatic hydroxyl groups is 2. The van der Waals surface area contributed by atoms with Gasteiger partial charge in [0.25, 0.3) is 0 Å². The van der Waals surface area contributed by atoms with Gasteiger partial charge in [-0.1, -0.05) is 24.3 Å². The van der Waals surface area contributed by atoms with Crippen LogP contribution in [0.4, 0.5) is 0 Å². The summed E-state index contributed by atoms with van der Waals surface area (Å²) in [4.78, 5) is 48.4. The molecule has 4 N–H and O–H groups in total. The molecule has 0 bridgehead atoms. The molecule has 1 aromatic heterocycles. The van der Waals surface area contributed by atoms with Gasteiger partial charge in [0.15, 0.2) is 11.5 Å². The number of amides is 1. The highest BCUT2D eigenvalue weighted by Crippen LogP contribution is 2.48. The van der Waals surface area contributed by atoms with Crippen LogP contribution in [-0.4, -0.2) is 77.3 Å². The normalized spacial score (nSPS) is 16.5. The van der Waals surface area contributed by atoms with Crippen LogP contribution in [0.3, 0.4) is 0 Å². The zero-order valence-corrected chi connectivity index (χ0v) is 32.2. The van der Waals surface area contributed by atoms with Gasteiger partial charge in [-0.15, -0.1) is 0 Å². The van der Waals surface area contributed by atoms with E-state index in [1.807, 2.05) is 30.5 Å². The number of allylic oxidation sites excluding steroid dienone is 1. The van der Waals surface area contributed by atoms with Gasteiger partial charge in [-0.25, -0.2) is 9.78 Å². The highest BCUT2D eigenvalue weighted by atomic mass is 32.2. The Balaban J connectivity index is 1.62. The van der Waals surface area contributed by atoms with Crippen LogP contribution in [0, 0.1) is 0 Å². The summed E-state index contributed by atoms with van der Waals surface area (Å²) < 4.78 is 22.6. The molecule has 0 radical (unpaired) electrons. The van der Waals surface area contributed by atoms with E-state index in [-0.39, 0.29) is 34.6 Å². The number of benzene rings is 3. The number of phenolic OH excluding ortho intramolecular Hbond substituents is 2. The maximum absolute atomic E-state index is 14.2. The number of nitrogens with one attached hydrogen (secondary N) is 2. The second-order valence-corrected chi connectivity index (χ2v) is 14.3. The number of H-pyrrole nitrogens is 1. The van der Waals surface area contributed by atoms with Crippen LogP contribution in [0.25, 0.3) is 17.1 Å². The van der Waals surface area contributed by atoms with E-state index in [1.54, 1.807) is 43.0 Å². The zero-order chi connectivity index (χ0) is 38.8. The number of ether oxygens (including phenoxy) is 4. The van der Waals surface area contributed by atoms with Crippen LogP contribution in [0.15, 0.2) is 48.5 Å². The largest absolute Gasteiger partial charge is 0.507 e. The Labute approximate surface area is 319 Å². The number of carbonyl (C=O) groups is 3. The second kappa shape index (κ2) is 18.7. The van der Waals surface area contributed by atoms with Crippen LogP contribution in [0.2, 0.25) is 0 Å². The van der Waals surface area contributed by atoms with Crippen LogP contribution in [0.1, 0.15) is 103 Å². The quantitative estimate of drug-likeness (QED) is 0.105. The molecule has 0 saturated heterocycles. The highest BCUT2D eigenvalue weighted by Gasteiger charge is 2.33. The third-order valence-corrected chi connectivity index (χ3v) is 10.2. The number of rotatable bonds is 12. The first-order valence-corrected chi connectivity index (χ1v) is 19.5. The summed E-state index contributed by atoms with van der Waals surface area (Å²) in [5.74, 6) is -0.646. The zero-order valence-electron chi connectivity index (χ0n) is 31.4. The fraction of sp³-hybridized carbons (Fsp3) is 0.415. The predicted octanol–water partition coefficient (Wildman–Crippen LogP) is 7.61. The number of cyclic esters (lactones) is 1. The molecule has 13 heteroatoms. The molecule has 4 aromatic rings. The van der Waals surface area contributed by atoms with E-state index >= 15 is 0 Å². The minimum Gasteiger partial charge on any atom is -0.507 e. The number of imidazole rings is 1. The number of aromatic nitrogens is 2. The number of Topliss-reactive ketones (excluding diaryl/α,β-unsaturated/α-hetero) is 1. The summed E-state index contributed by atoms with van der Waals surface area (Å²) >= 11 is 1.64. The highest BCUT2D eigenvalue weighted by molar-refractivity contribution is 7.98. The number of hydrogen-bond donors (Lipinski definition) is 4. The van der Waals surface area contributed by atoms with Crippen LogP contribution >= 0.6 is 11.8 Å². The predicted molar refractivity (Wildman–Crippen MR) is 209 cm³/mol. The lowest BCUT2D eigenvalue weighted by Gasteiger charge is -2.25. The van der Waals surface area contributed by atoms with Crippen molar-refractivity contribution in [3.63, 3.8) is 0 Å². The fourth-order valence-corrected chi connectivity index (χ4v) is 7.27. The summed E-state index contributed by atoms with van der Waals surface area (Å²) in [7, 11) is 4.40. The van der Waals surface area contributed by atoms with Crippen LogP contribution < -0.4 is 19.5 Å². The van der Waals surface area contributed by atoms with Gasteiger partial charge in [0.2, 0.25) is 11.7 Å². The summed E-state index contributed by atoms with van der Waals surface area (Å²) in [6.45, 7) is 1.74. The van der Waals surface area contributed by atoms with E-state index in [1.165, 1.54) is 27.4 Å². The molecular weight excluding hydrogens is 711 g/mol. The summed E-state index contributed by atoms with van der Waals surface area (Å²) in [5, 5.41) is 26.9. The van der Waals surface area contributed by atoms with Crippen molar-refractivity contribution < 1.29 is 43.5 Å². The molecule has 0 aliphatic carbocycles. The molecule has 0 spiro atoms. The number of ketones is 1. The van der Waals surface area contributed by atoms with E-state index in [2.05, 4.69) is 10.3 Å². The van der Waals surface area contributed by atoms with Crippen molar-refractivity contribution in [1.29, 1.82) is 0 Å². The smallest absolute Gasteiger partial charge is 0.342 e. The van der Waals surface area contributed by atoms with Gasteiger partial charge in [0, 0.05) is 30.7 Å². The average Bonchev–Trinajstić information content (AvgIpc) is 3.59. The molecule has 1 aliphatic heterocycles. The molecule has 12 nitrogen and oxygen atoms in total. The maximum Gasteiger partial charge on any atom is 0.342 e. The Morgan fingerprint density at radius 3 is 2.46 bits per heavy atom. The van der Waals surface area contributed by atoms with E-state index in [4.69, 9.17) is 23.9 Å². The van der Waals surface area contributed by atoms with Gasteiger partial charge in [-0.05, 0) is 92.5 Å². The van der Waals surface area contributed by atoms with Gasteiger partial charge < -0.3 is 39.5 Å². The molecule has 1 aliphatic rings. The number of aromatic amines is 1. The molecule has 3 unspecified atom stereocenters. The number of phenols is 2. The Bertz CT molecular complexity index is 1930. The number of nitrogens with zero attached hydrogens (tertiary/aromatic N) is 1. The summed E-state index contributed by atoms with van der Waals surface area (Å²) in [6.07, 6.45) is 8.24. The molecular formula is C41H49N3O9S. The third-order valence-electron chi connectivity index (χ3n) is 9.56. The van der Waals surface area contributed by atoms with Crippen LogP contribution in [0.5, 0.6) is 28.7 Å². The van der Waals surface area contributed by atoms with Crippen molar-refractivity contribution in [2.45, 2.75) is 76.4 Å². The molecule has 2 heterocycles. The first-order valence-electron chi connectivity index (χ1n) is 18.1. The Morgan fingerprint density at radius 2 is 1.78 bits per heavy atom. The monoisotopic (exact) mass is 759 g/mol. The van der Waals surface area contributed by atoms with E-state index in [0.717, 1.165) is 16.8 Å². The van der Waals surface area contributed by atoms with Crippen LogP contribution in [-0.2, 0) is 14.3 Å². The van der Waals surface area contributed by atoms with E-state index < -0.39 is 35.7 Å². The minimum absolute atomic E-state index is 0.0488. The minimum atomic E-state index is -1.02. The molecule has 5 rings (SSSR count). The van der Waals surface area contributed by atoms with E-state index in [0.29, 0.717) is 73.6 Å². The number of thioether (sulfide) groups is 1. The van der Waals surface area contributed by atoms with Crippen molar-refractivity contribution in [1.82, 2.24) is 15.3 Å². The van der Waals surface area contributed by atoms with Gasteiger partial charge in [-0.3, -0.25) is 9.59 Å². The Kier molecular flexibility index (Phi) is 13.9. The molecule has 54 heavy (non-hydrogen) atoms. The van der Waals surface area contributed by atoms with Gasteiger partial charge in [0.05, 0.1) is 44.5 Å². The molecule has 1 amide bonds. The lowest BCUT2D eigenvalue weighted by molar-refractivity contribution is -0.122. The lowest BCUT2D eigenvalue weighted by Crippen LogP contribution is -2.31. The number of para-hydroxylation sites is 2. The maximum atomic E-state index is 14.2. The number of hydrogen-bond acceptors (Lipinski definition) is 11. The first kappa shape index (κ1) is 40.0. The van der Waals surface area contributed by atoms with Gasteiger partial charge in [0.1, 0.15) is 28.7 Å². The molecule has 3 atom stereocenters. The molecule has 0 saturated carbocycles. The standard InChI is InChI=1S/C41H49N3O9S/c1-24-12-11-15-27(45)14-8-6-7-13-25-20-32(46)37(38(48)36(25)41(49)53-24)28(26-21-33(50-2)39(52-4)34(22-26)51-3)23-35(47)42-31(18-19-54-5)40-43-29-16-9-10-17-30(29)44-40/h7,9-10,13,16-17,20-22,24,28,31,46,48H,6,8,11-12,14-15,18-19,23H2,1-5H3,(H,42,47)(H,43,44). The Hall–Kier alpha value is -5.17. The van der Waals surface area contributed by atoms with Gasteiger partial charge >= 0.3 is 5.97 Å². The first-order chi connectivity index (χ1) is 26.1. The topological polar surface area (TPSA) is 169 Å². The summed E-state index contributed by atoms with van der Waals surface area (Å²) in [5.41, 5.74) is 2.11. The second-order valence-electron chi connectivity index (χ2n) is 13.3. The lowest BCUT2D eigenvalue weighted by atomic mass is 9.84. The SMILES string of the molecule is COc1cc(C(CC(=O)NC(CCSC)c2nc3ccccc3[nH]2)c2c(O)cc3c(c2O)C(=O)OC(C)CCCC(=O)CCCC=C3)cc(OC)c1OC. The number of methoxy groups -OCH3 is 3. The molecule has 0 fully saturated rings. The van der Waals surface area contributed by atoms with Gasteiger partial charge in [-0.2, -0.15) is 11.8 Å². The summed E-state index contributed by atoms with van der Waals surface area (Å²) in [6, 6.07) is 11.8. The molecule has 288 valence electrons. The fourth-order valence-electron chi connectivity index (χ4n) is 6.80. The third kappa shape index (κ3) is 9.49. The number of esters is 1. The van der Waals surface area contributed by atoms with Crippen molar-refractivity contribution in [3.05, 3.63) is 76.6 Å². The average molecular weight is 760 g/mol. The number of carbonyl (C=O) groups excluding carboxylic acids is 3. The van der Waals surface area contributed by atoms with E-state index in [9.17, 15) is 24.6 Å². The molecule has 3 aromatic carbocycles. The van der Waals surface area contributed by atoms with Crippen molar-refractivity contribution in [3.8, 4) is 28.7 Å². The van der Waals surface area contributed by atoms with Crippen molar-refractivity contribution >= 4 is 46.5 Å². The Morgan fingerprint density at radius 1 is 1.06 bits per heavy atom.